The second-order valence-electron chi connectivity index (χ2n) is 6.29. The first-order chi connectivity index (χ1) is 14.5. The van der Waals surface area contributed by atoms with Gasteiger partial charge in [0.25, 0.3) is 5.91 Å². The molecule has 0 aromatic heterocycles. The van der Waals surface area contributed by atoms with Gasteiger partial charge in [0.2, 0.25) is 0 Å². The van der Waals surface area contributed by atoms with Gasteiger partial charge in [0.15, 0.2) is 0 Å². The maximum absolute atomic E-state index is 11.1. The summed E-state index contributed by atoms with van der Waals surface area (Å²) in [6, 6.07) is 0. The summed E-state index contributed by atoms with van der Waals surface area (Å²) in [5.74, 6) is -4.37. The molecule has 2 atom stereocenters. The molecule has 0 aromatic rings. The van der Waals surface area contributed by atoms with Gasteiger partial charge in [-0.05, 0) is 20.8 Å². The van der Waals surface area contributed by atoms with Gasteiger partial charge in [-0.15, -0.1) is 0 Å². The first-order valence-corrected chi connectivity index (χ1v) is 9.94. The van der Waals surface area contributed by atoms with E-state index in [0.717, 1.165) is 39.3 Å². The van der Waals surface area contributed by atoms with Crippen molar-refractivity contribution in [2.45, 2.75) is 40.4 Å². The zero-order chi connectivity index (χ0) is 24.2. The van der Waals surface area contributed by atoms with Crippen molar-refractivity contribution in [2.75, 3.05) is 59.0 Å². The third-order valence-electron chi connectivity index (χ3n) is 3.55. The van der Waals surface area contributed by atoms with E-state index >= 15 is 0 Å². The molecule has 7 N–H and O–H groups in total. The molecule has 0 aliphatic carbocycles. The number of amides is 1. The van der Waals surface area contributed by atoms with Crippen molar-refractivity contribution in [2.24, 2.45) is 0 Å². The third-order valence-corrected chi connectivity index (χ3v) is 3.55. The molecule has 2 saturated heterocycles. The summed E-state index contributed by atoms with van der Waals surface area (Å²) in [5.41, 5.74) is 0. The van der Waals surface area contributed by atoms with Gasteiger partial charge in [0, 0.05) is 70.9 Å². The van der Waals surface area contributed by atoms with E-state index in [1.807, 2.05) is 0 Å². The van der Waals surface area contributed by atoms with E-state index in [1.54, 1.807) is 11.8 Å². The number of aliphatic carboxylic acids is 2. The van der Waals surface area contributed by atoms with Gasteiger partial charge < -0.3 is 46.0 Å². The van der Waals surface area contributed by atoms with E-state index in [4.69, 9.17) is 30.0 Å². The summed E-state index contributed by atoms with van der Waals surface area (Å²) in [5, 5.41) is 41.8. The van der Waals surface area contributed by atoms with Crippen LogP contribution in [0.5, 0.6) is 0 Å². The Balaban J connectivity index is -0.000000172. The predicted octanol–water partition coefficient (Wildman–Crippen LogP) is -2.30. The number of piperazine rings is 2. The molecule has 2 aliphatic heterocycles. The molecule has 1 radical (unpaired) electrons. The first-order valence-electron chi connectivity index (χ1n) is 9.94. The van der Waals surface area contributed by atoms with E-state index in [9.17, 15) is 9.59 Å². The number of hydrogen-bond donors (Lipinski definition) is 7. The summed E-state index contributed by atoms with van der Waals surface area (Å²) in [7, 11) is 0. The van der Waals surface area contributed by atoms with Crippen LogP contribution in [0.25, 0.3) is 0 Å². The number of carbonyl (C=O) groups excluding carboxylic acids is 2. The zero-order valence-corrected chi connectivity index (χ0v) is 20.1. The minimum Gasteiger partial charge on any atom is -0.473 e. The monoisotopic (exact) mass is 519 g/mol. The largest absolute Gasteiger partial charge is 0.473 e. The number of aliphatic hydroxyl groups is 2. The minimum atomic E-state index is -1.82. The SMILES string of the molecule is C.C1CNCCN1.CCOC(=O)[C@H](C)O.C[C@H](O)C(=O)N1CCNCC1.O=C(O)C(=O)O.[V]. The van der Waals surface area contributed by atoms with Crippen LogP contribution in [0.3, 0.4) is 0 Å². The summed E-state index contributed by atoms with van der Waals surface area (Å²) in [6.45, 7) is 12.5. The number of nitrogens with one attached hydrogen (secondary N) is 3. The maximum atomic E-state index is 11.1. The van der Waals surface area contributed by atoms with Gasteiger partial charge in [-0.1, -0.05) is 7.43 Å². The van der Waals surface area contributed by atoms with E-state index < -0.39 is 30.1 Å². The normalized spacial score (nSPS) is 16.0. The molecule has 0 aromatic carbocycles. The van der Waals surface area contributed by atoms with Gasteiger partial charge in [-0.25, -0.2) is 14.4 Å². The molecule has 0 bridgehead atoms. The number of carboxylic acid groups (broad SMARTS) is 2. The van der Waals surface area contributed by atoms with Crippen LogP contribution in [-0.4, -0.2) is 120 Å². The summed E-state index contributed by atoms with van der Waals surface area (Å²) >= 11 is 0. The molecule has 1 amide bonds. The van der Waals surface area contributed by atoms with Crippen molar-refractivity contribution in [3.63, 3.8) is 0 Å². The average Bonchev–Trinajstić information content (AvgIpc) is 2.76. The molecule has 0 unspecified atom stereocenters. The fourth-order valence-electron chi connectivity index (χ4n) is 2.02. The second-order valence-corrected chi connectivity index (χ2v) is 6.29. The number of rotatable bonds is 3. The Hall–Kier alpha value is -1.74. The van der Waals surface area contributed by atoms with Crippen LogP contribution in [0.1, 0.15) is 28.2 Å². The van der Waals surface area contributed by atoms with Crippen molar-refractivity contribution in [3.05, 3.63) is 0 Å². The Morgan fingerprint density at radius 2 is 1.18 bits per heavy atom. The van der Waals surface area contributed by atoms with Crippen molar-refractivity contribution in [1.82, 2.24) is 20.9 Å². The summed E-state index contributed by atoms with van der Waals surface area (Å²) < 4.78 is 4.41. The number of carboxylic acids is 2. The number of carbonyl (C=O) groups is 4. The third kappa shape index (κ3) is 24.7. The van der Waals surface area contributed by atoms with Crippen LogP contribution < -0.4 is 16.0 Å². The Bertz CT molecular complexity index is 504. The Morgan fingerprint density at radius 3 is 1.39 bits per heavy atom. The second kappa shape index (κ2) is 24.9. The van der Waals surface area contributed by atoms with Crippen LogP contribution in [0.4, 0.5) is 0 Å². The van der Waals surface area contributed by atoms with E-state index in [-0.39, 0.29) is 31.9 Å². The maximum Gasteiger partial charge on any atom is 0.414 e. The van der Waals surface area contributed by atoms with Crippen molar-refractivity contribution in [1.29, 1.82) is 0 Å². The smallest absolute Gasteiger partial charge is 0.414 e. The van der Waals surface area contributed by atoms with Crippen LogP contribution in [0.15, 0.2) is 0 Å². The van der Waals surface area contributed by atoms with Gasteiger partial charge in [-0.3, -0.25) is 4.79 Å². The number of ether oxygens (including phenoxy) is 1. The molecule has 2 heterocycles. The van der Waals surface area contributed by atoms with Crippen molar-refractivity contribution in [3.8, 4) is 0 Å². The molecule has 2 fully saturated rings. The fraction of sp³-hybridized carbons (Fsp3) is 0.789. The Morgan fingerprint density at radius 1 is 0.818 bits per heavy atom. The van der Waals surface area contributed by atoms with Gasteiger partial charge in [0.1, 0.15) is 12.2 Å². The van der Waals surface area contributed by atoms with Crippen LogP contribution >= 0.6 is 0 Å². The van der Waals surface area contributed by atoms with Gasteiger partial charge in [-0.2, -0.15) is 0 Å². The summed E-state index contributed by atoms with van der Waals surface area (Å²) in [4.78, 5) is 41.3. The molecule has 2 aliphatic rings. The van der Waals surface area contributed by atoms with E-state index in [0.29, 0.717) is 19.7 Å². The number of esters is 1. The minimum absolute atomic E-state index is 0. The topological polar surface area (TPSA) is 198 Å². The molecule has 0 saturated carbocycles. The van der Waals surface area contributed by atoms with E-state index in [2.05, 4.69) is 20.7 Å². The predicted molar refractivity (Wildman–Crippen MR) is 117 cm³/mol. The Labute approximate surface area is 207 Å². The van der Waals surface area contributed by atoms with Crippen molar-refractivity contribution < 1.29 is 62.9 Å². The van der Waals surface area contributed by atoms with Gasteiger partial charge >= 0.3 is 17.9 Å². The molecule has 13 nitrogen and oxygen atoms in total. The standard InChI is InChI=1S/C7H14N2O2.C5H10O3.C4H10N2.C2H2O4.CH4.V/c1-6(10)7(11)9-4-2-8-3-5-9;1-3-8-5(7)4(2)6;1-2-6-4-3-5-1;3-1(4)2(5)6;;/h6,8,10H,2-5H2,1H3;4,6H,3H2,1-2H3;5-6H,1-4H2;(H,3,4)(H,5,6);1H4;/t6-;4-;;;;/m00..../s1. The molecular weight excluding hydrogens is 479 g/mol. The van der Waals surface area contributed by atoms with Gasteiger partial charge in [0.05, 0.1) is 6.61 Å². The molecular formula is C19H40N4O9V. The van der Waals surface area contributed by atoms with Crippen molar-refractivity contribution >= 4 is 23.8 Å². The zero-order valence-electron chi connectivity index (χ0n) is 18.7. The molecule has 14 heteroatoms. The number of nitrogens with zero attached hydrogens (tertiary/aromatic N) is 1. The average molecular weight is 519 g/mol. The van der Waals surface area contributed by atoms with E-state index in [1.165, 1.54) is 13.8 Å². The number of hydrogen-bond acceptors (Lipinski definition) is 10. The van der Waals surface area contributed by atoms with Crippen LogP contribution in [-0.2, 0) is 42.5 Å². The number of aliphatic hydroxyl groups excluding tert-OH is 2. The molecule has 33 heavy (non-hydrogen) atoms. The summed E-state index contributed by atoms with van der Waals surface area (Å²) in [6.07, 6.45) is -1.84. The molecule has 195 valence electrons. The Kier molecular flexibility index (Phi) is 29.1. The molecule has 0 spiro atoms. The van der Waals surface area contributed by atoms with Crippen LogP contribution in [0, 0.1) is 0 Å². The fourth-order valence-corrected chi connectivity index (χ4v) is 2.02. The molecule has 2 rings (SSSR count). The first kappa shape index (κ1) is 38.5. The quantitative estimate of drug-likeness (QED) is 0.156. The van der Waals surface area contributed by atoms with Crippen LogP contribution in [0.2, 0.25) is 0 Å².